The molecule has 1 atom stereocenters. The normalized spacial score (nSPS) is 12.4. The lowest BCUT2D eigenvalue weighted by Crippen LogP contribution is -2.29. The van der Waals surface area contributed by atoms with Crippen LogP contribution in [-0.4, -0.2) is 62.6 Å². The second-order valence-electron chi connectivity index (χ2n) is 10.2. The minimum Gasteiger partial charge on any atom is -0.288 e. The van der Waals surface area contributed by atoms with Crippen molar-refractivity contribution in [1.82, 2.24) is 34.7 Å². The van der Waals surface area contributed by atoms with Gasteiger partial charge in [0.05, 0.1) is 17.1 Å². The minimum absolute atomic E-state index is 0.000611. The van der Waals surface area contributed by atoms with Crippen LogP contribution in [-0.2, 0) is 16.6 Å². The fourth-order valence-corrected chi connectivity index (χ4v) is 6.58. The number of sulfonamides is 1. The van der Waals surface area contributed by atoms with E-state index in [1.54, 1.807) is 55.6 Å². The number of aromatic amines is 1. The fourth-order valence-electron chi connectivity index (χ4n) is 4.84. The van der Waals surface area contributed by atoms with Gasteiger partial charge < -0.3 is 0 Å². The molecule has 0 bridgehead atoms. The highest BCUT2D eigenvalue weighted by atomic mass is 35.5. The van der Waals surface area contributed by atoms with E-state index in [2.05, 4.69) is 32.9 Å². The highest BCUT2D eigenvalue weighted by Crippen LogP contribution is 2.32. The molecule has 2 heterocycles. The summed E-state index contributed by atoms with van der Waals surface area (Å²) in [5.74, 6) is -0.278. The molecule has 0 radical (unpaired) electrons. The summed E-state index contributed by atoms with van der Waals surface area (Å²) in [4.78, 5) is 12.8. The van der Waals surface area contributed by atoms with Crippen LogP contribution in [0.15, 0.2) is 83.8 Å². The van der Waals surface area contributed by atoms with Crippen molar-refractivity contribution in [2.45, 2.75) is 37.1 Å². The number of rotatable bonds is 12. The number of hydrogen-bond donors (Lipinski definition) is 2. The van der Waals surface area contributed by atoms with E-state index in [0.29, 0.717) is 40.8 Å². The maximum absolute atomic E-state index is 13.1. The van der Waals surface area contributed by atoms with Gasteiger partial charge in [-0.05, 0) is 72.1 Å². The molecule has 2 aromatic heterocycles. The first kappa shape index (κ1) is 31.3. The summed E-state index contributed by atoms with van der Waals surface area (Å²) < 4.78 is 29.6. The number of halogens is 2. The zero-order valence-electron chi connectivity index (χ0n) is 24.0. The predicted molar refractivity (Wildman–Crippen MR) is 169 cm³/mol. The van der Waals surface area contributed by atoms with Gasteiger partial charge in [0.25, 0.3) is 11.9 Å². The Morgan fingerprint density at radius 1 is 1.02 bits per heavy atom. The number of nitrogens with one attached hydrogen (secondary N) is 2. The van der Waals surface area contributed by atoms with Crippen LogP contribution in [0.5, 0.6) is 0 Å². The van der Waals surface area contributed by atoms with Gasteiger partial charge in [0.2, 0.25) is 10.0 Å². The van der Waals surface area contributed by atoms with Crippen molar-refractivity contribution >= 4 is 45.1 Å². The summed E-state index contributed by atoms with van der Waals surface area (Å²) in [6.07, 6.45) is 1.34. The first-order valence-corrected chi connectivity index (χ1v) is 16.0. The topological polar surface area (TPSA) is 139 Å². The third kappa shape index (κ3) is 7.33. The van der Waals surface area contributed by atoms with E-state index >= 15 is 0 Å². The lowest BCUT2D eigenvalue weighted by Gasteiger charge is -2.22. The maximum Gasteiger partial charge on any atom is 0.270 e. The van der Waals surface area contributed by atoms with E-state index in [1.807, 2.05) is 35.0 Å². The summed E-state index contributed by atoms with van der Waals surface area (Å²) in [5, 5.41) is 21.7. The first-order valence-electron chi connectivity index (χ1n) is 13.8. The quantitative estimate of drug-likeness (QED) is 0.172. The van der Waals surface area contributed by atoms with Gasteiger partial charge >= 0.3 is 0 Å². The molecular weight excluding hydrogens is 623 g/mol. The molecule has 0 aliphatic heterocycles. The zero-order valence-corrected chi connectivity index (χ0v) is 26.3. The van der Waals surface area contributed by atoms with E-state index in [4.69, 9.17) is 28.3 Å². The standard InChI is InChI=1S/C30H30Cl2N8O3S/c1-3-21(13-14-39(2)44(42,43)26-7-5-4-6-8-26)28-18-27(23-15-24(31)17-25(32)16-23)36-40(28)19-20-9-11-22(12-10-20)29(41)33-30-34-37-38-35-30/h4-12,15-18,21H,3,13-14,19H2,1-2H3,(H2,33,34,35,37,38,41). The van der Waals surface area contributed by atoms with Crippen LogP contribution in [0.1, 0.15) is 47.3 Å². The Bertz CT molecular complexity index is 1810. The van der Waals surface area contributed by atoms with Crippen LogP contribution >= 0.6 is 23.2 Å². The molecule has 5 rings (SSSR count). The molecule has 3 aromatic carbocycles. The number of carbonyl (C=O) groups is 1. The lowest BCUT2D eigenvalue weighted by atomic mass is 9.97. The number of H-pyrrole nitrogens is 1. The number of hydrogen-bond acceptors (Lipinski definition) is 7. The molecule has 0 fully saturated rings. The van der Waals surface area contributed by atoms with E-state index in [-0.39, 0.29) is 22.7 Å². The van der Waals surface area contributed by atoms with Crippen LogP contribution in [0.3, 0.4) is 0 Å². The van der Waals surface area contributed by atoms with Gasteiger partial charge in [0.15, 0.2) is 0 Å². The summed E-state index contributed by atoms with van der Waals surface area (Å²) in [6.45, 7) is 2.81. The average Bonchev–Trinajstić information content (AvgIpc) is 3.68. The number of carbonyl (C=O) groups excluding carboxylic acids is 1. The Morgan fingerprint density at radius 2 is 1.73 bits per heavy atom. The van der Waals surface area contributed by atoms with Crippen molar-refractivity contribution in [3.8, 4) is 11.3 Å². The predicted octanol–water partition coefficient (Wildman–Crippen LogP) is 5.88. The molecule has 228 valence electrons. The third-order valence-electron chi connectivity index (χ3n) is 7.24. The van der Waals surface area contributed by atoms with Crippen LogP contribution < -0.4 is 5.32 Å². The van der Waals surface area contributed by atoms with Crippen LogP contribution in [0, 0.1) is 0 Å². The summed E-state index contributed by atoms with van der Waals surface area (Å²) in [7, 11) is -2.02. The van der Waals surface area contributed by atoms with Crippen LogP contribution in [0.2, 0.25) is 10.0 Å². The maximum atomic E-state index is 13.1. The van der Waals surface area contributed by atoms with Gasteiger partial charge in [0.1, 0.15) is 0 Å². The molecule has 0 spiro atoms. The van der Waals surface area contributed by atoms with E-state index in [1.165, 1.54) is 4.31 Å². The number of aromatic nitrogens is 6. The molecule has 14 heteroatoms. The molecular formula is C30H30Cl2N8O3S. The van der Waals surface area contributed by atoms with Crippen molar-refractivity contribution in [1.29, 1.82) is 0 Å². The molecule has 44 heavy (non-hydrogen) atoms. The Labute approximate surface area is 265 Å². The highest BCUT2D eigenvalue weighted by molar-refractivity contribution is 7.89. The molecule has 2 N–H and O–H groups in total. The van der Waals surface area contributed by atoms with Gasteiger partial charge in [0, 0.05) is 46.4 Å². The molecule has 1 unspecified atom stereocenters. The van der Waals surface area contributed by atoms with E-state index in [0.717, 1.165) is 23.2 Å². The third-order valence-corrected chi connectivity index (χ3v) is 9.55. The molecule has 1 amide bonds. The number of benzene rings is 3. The minimum atomic E-state index is -3.62. The van der Waals surface area contributed by atoms with Crippen LogP contribution in [0.4, 0.5) is 5.95 Å². The summed E-state index contributed by atoms with van der Waals surface area (Å²) in [6, 6.07) is 22.8. The Balaban J connectivity index is 1.40. The van der Waals surface area contributed by atoms with Gasteiger partial charge in [-0.1, -0.05) is 65.6 Å². The zero-order chi connectivity index (χ0) is 31.3. The van der Waals surface area contributed by atoms with Gasteiger partial charge in [-0.15, -0.1) is 5.10 Å². The van der Waals surface area contributed by atoms with Crippen LogP contribution in [0.25, 0.3) is 11.3 Å². The van der Waals surface area contributed by atoms with Crippen molar-refractivity contribution in [3.05, 3.63) is 106 Å². The lowest BCUT2D eigenvalue weighted by molar-refractivity contribution is 0.102. The van der Waals surface area contributed by atoms with Crippen molar-refractivity contribution in [2.75, 3.05) is 18.9 Å². The number of tetrazole rings is 1. The first-order chi connectivity index (χ1) is 21.1. The molecule has 0 saturated heterocycles. The Hall–Kier alpha value is -4.10. The monoisotopic (exact) mass is 652 g/mol. The number of nitrogens with zero attached hydrogens (tertiary/aromatic N) is 6. The van der Waals surface area contributed by atoms with Gasteiger partial charge in [-0.2, -0.15) is 10.3 Å². The molecule has 0 aliphatic carbocycles. The fraction of sp³-hybridized carbons (Fsp3) is 0.233. The Morgan fingerprint density at radius 3 is 2.36 bits per heavy atom. The number of amides is 1. The largest absolute Gasteiger partial charge is 0.288 e. The van der Waals surface area contributed by atoms with E-state index in [9.17, 15) is 13.2 Å². The van der Waals surface area contributed by atoms with Crippen molar-refractivity contribution < 1.29 is 13.2 Å². The summed E-state index contributed by atoms with van der Waals surface area (Å²) >= 11 is 12.6. The second kappa shape index (κ2) is 13.7. The van der Waals surface area contributed by atoms with Crippen molar-refractivity contribution in [2.24, 2.45) is 0 Å². The van der Waals surface area contributed by atoms with E-state index < -0.39 is 10.0 Å². The molecule has 0 saturated carbocycles. The van der Waals surface area contributed by atoms with Gasteiger partial charge in [-0.25, -0.2) is 12.7 Å². The smallest absolute Gasteiger partial charge is 0.270 e. The molecule has 0 aliphatic rings. The number of anilines is 1. The summed E-state index contributed by atoms with van der Waals surface area (Å²) in [5.41, 5.74) is 3.77. The molecule has 5 aromatic rings. The molecule has 11 nitrogen and oxygen atoms in total. The van der Waals surface area contributed by atoms with Crippen molar-refractivity contribution in [3.63, 3.8) is 0 Å². The highest BCUT2D eigenvalue weighted by Gasteiger charge is 2.24. The van der Waals surface area contributed by atoms with Gasteiger partial charge in [-0.3, -0.25) is 14.8 Å². The second-order valence-corrected chi connectivity index (χ2v) is 13.1. The average molecular weight is 654 g/mol. The SMILES string of the molecule is CCC(CCN(C)S(=O)(=O)c1ccccc1)c1cc(-c2cc(Cl)cc(Cl)c2)nn1Cc1ccc(C(=O)Nc2nn[nH]n2)cc1. The Kier molecular flexibility index (Phi) is 9.74.